The third-order valence-corrected chi connectivity index (χ3v) is 2.98. The average Bonchev–Trinajstić information content (AvgIpc) is 2.60. The molecule has 0 aliphatic rings. The zero-order chi connectivity index (χ0) is 16.1. The number of rotatable bonds is 4. The van der Waals surface area contributed by atoms with Crippen LogP contribution in [0.5, 0.6) is 0 Å². The van der Waals surface area contributed by atoms with Crippen molar-refractivity contribution in [2.45, 2.75) is 0 Å². The summed E-state index contributed by atoms with van der Waals surface area (Å²) < 4.78 is 4.88. The Balaban J connectivity index is 1.59. The molecule has 3 rings (SSSR count). The summed E-state index contributed by atoms with van der Waals surface area (Å²) in [6.07, 6.45) is 5.63. The van der Waals surface area contributed by atoms with E-state index >= 15 is 0 Å². The summed E-state index contributed by atoms with van der Waals surface area (Å²) in [5, 5.41) is 3.53. The summed E-state index contributed by atoms with van der Waals surface area (Å²) in [5.41, 5.74) is 1.41. The molecule has 114 valence electrons. The molecule has 0 unspecified atom stereocenters. The van der Waals surface area contributed by atoms with E-state index in [1.165, 1.54) is 18.6 Å². The molecule has 0 radical (unpaired) electrons. The van der Waals surface area contributed by atoms with E-state index in [0.29, 0.717) is 5.69 Å². The quantitative estimate of drug-likeness (QED) is 0.739. The Labute approximate surface area is 131 Å². The van der Waals surface area contributed by atoms with Crippen LogP contribution < -0.4 is 5.32 Å². The van der Waals surface area contributed by atoms with Crippen molar-refractivity contribution < 1.29 is 14.3 Å². The zero-order valence-electron chi connectivity index (χ0n) is 12.0. The van der Waals surface area contributed by atoms with Gasteiger partial charge in [0.2, 0.25) is 0 Å². The van der Waals surface area contributed by atoms with Crippen molar-refractivity contribution >= 4 is 28.5 Å². The highest BCUT2D eigenvalue weighted by molar-refractivity contribution is 5.96. The second kappa shape index (κ2) is 6.61. The number of carbonyl (C=O) groups is 2. The summed E-state index contributed by atoms with van der Waals surface area (Å²) in [7, 11) is 0. The number of aromatic nitrogens is 3. The Morgan fingerprint density at radius 1 is 1.09 bits per heavy atom. The van der Waals surface area contributed by atoms with Gasteiger partial charge in [-0.2, -0.15) is 0 Å². The average molecular weight is 308 g/mol. The van der Waals surface area contributed by atoms with Gasteiger partial charge in [-0.25, -0.2) is 9.78 Å². The van der Waals surface area contributed by atoms with Crippen molar-refractivity contribution in [3.8, 4) is 0 Å². The highest BCUT2D eigenvalue weighted by Crippen LogP contribution is 2.15. The van der Waals surface area contributed by atoms with Crippen LogP contribution >= 0.6 is 0 Å². The highest BCUT2D eigenvalue weighted by atomic mass is 16.5. The smallest absolute Gasteiger partial charge is 0.359 e. The first-order chi connectivity index (χ1) is 11.2. The van der Waals surface area contributed by atoms with Crippen LogP contribution in [0.25, 0.3) is 10.9 Å². The first-order valence-electron chi connectivity index (χ1n) is 6.80. The van der Waals surface area contributed by atoms with Gasteiger partial charge in [0, 0.05) is 17.8 Å². The summed E-state index contributed by atoms with van der Waals surface area (Å²) in [5.74, 6) is -1.16. The number of pyridine rings is 1. The molecule has 0 bridgehead atoms. The summed E-state index contributed by atoms with van der Waals surface area (Å²) in [4.78, 5) is 35.3. The molecule has 7 nitrogen and oxygen atoms in total. The Hall–Kier alpha value is -3.35. The highest BCUT2D eigenvalue weighted by Gasteiger charge is 2.11. The molecular formula is C16H12N4O3. The third-order valence-electron chi connectivity index (χ3n) is 2.98. The minimum absolute atomic E-state index is 0.0488. The van der Waals surface area contributed by atoms with Gasteiger partial charge in [0.1, 0.15) is 0 Å². The van der Waals surface area contributed by atoms with Gasteiger partial charge in [-0.05, 0) is 12.1 Å². The lowest BCUT2D eigenvalue weighted by Crippen LogP contribution is -2.21. The molecule has 0 aliphatic heterocycles. The van der Waals surface area contributed by atoms with E-state index in [9.17, 15) is 9.59 Å². The number of carbonyl (C=O) groups excluding carboxylic acids is 2. The zero-order valence-corrected chi connectivity index (χ0v) is 12.0. The molecule has 23 heavy (non-hydrogen) atoms. The molecular weight excluding hydrogens is 296 g/mol. The van der Waals surface area contributed by atoms with Crippen LogP contribution in [-0.2, 0) is 9.53 Å². The number of para-hydroxylation sites is 1. The number of hydrogen-bond donors (Lipinski definition) is 1. The predicted molar refractivity (Wildman–Crippen MR) is 82.7 cm³/mol. The Kier molecular flexibility index (Phi) is 4.19. The normalized spacial score (nSPS) is 10.3. The second-order valence-electron chi connectivity index (χ2n) is 4.63. The van der Waals surface area contributed by atoms with E-state index in [1.54, 1.807) is 12.3 Å². The van der Waals surface area contributed by atoms with Crippen molar-refractivity contribution in [1.82, 2.24) is 15.0 Å². The summed E-state index contributed by atoms with van der Waals surface area (Å²) in [6.45, 7) is -0.414. The Morgan fingerprint density at radius 3 is 2.78 bits per heavy atom. The van der Waals surface area contributed by atoms with Gasteiger partial charge in [-0.1, -0.05) is 18.2 Å². The van der Waals surface area contributed by atoms with Crippen molar-refractivity contribution in [2.75, 3.05) is 11.9 Å². The van der Waals surface area contributed by atoms with Crippen LogP contribution in [0.3, 0.4) is 0 Å². The topological polar surface area (TPSA) is 94.1 Å². The first kappa shape index (κ1) is 14.6. The molecule has 0 saturated carbocycles. The fourth-order valence-corrected chi connectivity index (χ4v) is 1.95. The minimum Gasteiger partial charge on any atom is -0.451 e. The van der Waals surface area contributed by atoms with Gasteiger partial charge in [-0.3, -0.25) is 14.8 Å². The molecule has 1 N–H and O–H groups in total. The molecule has 0 atom stereocenters. The van der Waals surface area contributed by atoms with Gasteiger partial charge < -0.3 is 10.1 Å². The van der Waals surface area contributed by atoms with E-state index in [0.717, 1.165) is 10.9 Å². The van der Waals surface area contributed by atoms with Gasteiger partial charge in [-0.15, -0.1) is 0 Å². The maximum Gasteiger partial charge on any atom is 0.359 e. The lowest BCUT2D eigenvalue weighted by Gasteiger charge is -2.07. The fourth-order valence-electron chi connectivity index (χ4n) is 1.95. The number of esters is 1. The van der Waals surface area contributed by atoms with Gasteiger partial charge in [0.15, 0.2) is 12.3 Å². The number of benzene rings is 1. The third kappa shape index (κ3) is 3.65. The number of ether oxygens (including phenoxy) is 1. The van der Waals surface area contributed by atoms with Crippen LogP contribution in [0.2, 0.25) is 0 Å². The molecule has 0 aliphatic carbocycles. The van der Waals surface area contributed by atoms with Gasteiger partial charge in [0.25, 0.3) is 5.91 Å². The van der Waals surface area contributed by atoms with E-state index in [4.69, 9.17) is 4.74 Å². The van der Waals surface area contributed by atoms with Crippen LogP contribution in [-0.4, -0.2) is 33.4 Å². The molecule has 2 heterocycles. The van der Waals surface area contributed by atoms with E-state index in [2.05, 4.69) is 20.3 Å². The standard InChI is InChI=1S/C16H12N4O3/c21-15(10-23-16(22)14-9-17-5-6-18-14)20-12-7-11-3-1-2-4-13(11)19-8-12/h1-9H,10H2,(H,20,21). The molecule has 7 heteroatoms. The Bertz CT molecular complexity index is 852. The predicted octanol–water partition coefficient (Wildman–Crippen LogP) is 1.82. The second-order valence-corrected chi connectivity index (χ2v) is 4.63. The number of fused-ring (bicyclic) bond motifs is 1. The SMILES string of the molecule is O=C(COC(=O)c1cnccn1)Nc1cnc2ccccc2c1. The monoisotopic (exact) mass is 308 g/mol. The number of anilines is 1. The first-order valence-corrected chi connectivity index (χ1v) is 6.80. The van der Waals surface area contributed by atoms with Crippen molar-refractivity contribution in [2.24, 2.45) is 0 Å². The van der Waals surface area contributed by atoms with Crippen LogP contribution in [0.15, 0.2) is 55.1 Å². The summed E-state index contributed by atoms with van der Waals surface area (Å²) >= 11 is 0. The maximum absolute atomic E-state index is 11.8. The molecule has 2 aromatic heterocycles. The number of hydrogen-bond acceptors (Lipinski definition) is 6. The number of amides is 1. The van der Waals surface area contributed by atoms with Crippen LogP contribution in [0, 0.1) is 0 Å². The molecule has 0 spiro atoms. The van der Waals surface area contributed by atoms with E-state index in [1.807, 2.05) is 24.3 Å². The van der Waals surface area contributed by atoms with Crippen molar-refractivity contribution in [3.63, 3.8) is 0 Å². The van der Waals surface area contributed by atoms with Crippen molar-refractivity contribution in [3.05, 3.63) is 60.8 Å². The largest absolute Gasteiger partial charge is 0.451 e. The molecule has 0 saturated heterocycles. The van der Waals surface area contributed by atoms with Gasteiger partial charge in [0.05, 0.1) is 23.6 Å². The van der Waals surface area contributed by atoms with Crippen LogP contribution in [0.4, 0.5) is 5.69 Å². The molecule has 3 aromatic rings. The van der Waals surface area contributed by atoms with Crippen LogP contribution in [0.1, 0.15) is 10.5 Å². The van der Waals surface area contributed by atoms with Crippen molar-refractivity contribution in [1.29, 1.82) is 0 Å². The molecule has 1 amide bonds. The Morgan fingerprint density at radius 2 is 1.96 bits per heavy atom. The minimum atomic E-state index is -0.704. The number of nitrogens with one attached hydrogen (secondary N) is 1. The maximum atomic E-state index is 11.8. The lowest BCUT2D eigenvalue weighted by atomic mass is 10.2. The van der Waals surface area contributed by atoms with Gasteiger partial charge >= 0.3 is 5.97 Å². The molecule has 0 fully saturated rings. The lowest BCUT2D eigenvalue weighted by molar-refractivity contribution is -0.119. The fraction of sp³-hybridized carbons (Fsp3) is 0.0625. The van der Waals surface area contributed by atoms with E-state index < -0.39 is 18.5 Å². The van der Waals surface area contributed by atoms with E-state index in [-0.39, 0.29) is 5.69 Å². The summed E-state index contributed by atoms with van der Waals surface area (Å²) in [6, 6.07) is 9.35. The molecule has 1 aromatic carbocycles. The number of nitrogens with zero attached hydrogens (tertiary/aromatic N) is 3.